The smallest absolute Gasteiger partial charge is 0.269 e. The van der Waals surface area contributed by atoms with Gasteiger partial charge in [0, 0.05) is 41.0 Å². The summed E-state index contributed by atoms with van der Waals surface area (Å²) in [5, 5.41) is 3.33. The van der Waals surface area contributed by atoms with Crippen molar-refractivity contribution in [2.45, 2.75) is 23.3 Å². The van der Waals surface area contributed by atoms with Crippen molar-refractivity contribution in [3.63, 3.8) is 0 Å². The third-order valence-corrected chi connectivity index (χ3v) is 5.64. The molecule has 1 aliphatic rings. The molecule has 1 amide bonds. The molecule has 2 heterocycles. The number of nitrogens with zero attached hydrogens (tertiary/aromatic N) is 2. The largest absolute Gasteiger partial charge is 0.383 e. The average molecular weight is 395 g/mol. The molecule has 2 N–H and O–H groups in total. The molecule has 1 aromatic rings. The summed E-state index contributed by atoms with van der Waals surface area (Å²) in [6.07, 6.45) is 3.28. The molecule has 2 rings (SSSR count). The zero-order valence-electron chi connectivity index (χ0n) is 15.0. The third kappa shape index (κ3) is 4.95. The summed E-state index contributed by atoms with van der Waals surface area (Å²) < 4.78 is 34.5. The quantitative estimate of drug-likeness (QED) is 0.689. The number of amides is 1. The Bertz CT molecular complexity index is 696. The van der Waals surface area contributed by atoms with Crippen LogP contribution in [0.1, 0.15) is 23.3 Å². The van der Waals surface area contributed by atoms with Gasteiger partial charge in [-0.25, -0.2) is 13.1 Å². The SMILES string of the molecule is COCC1(CNS(=O)(=O)c2cc(C(=O)N(C)C)n(C)c2)CCCN1.Cl. The number of carbonyl (C=O) groups excluding carboxylic acids is 1. The number of carbonyl (C=O) groups is 1. The van der Waals surface area contributed by atoms with Crippen molar-refractivity contribution in [2.24, 2.45) is 7.05 Å². The lowest BCUT2D eigenvalue weighted by Gasteiger charge is -2.28. The van der Waals surface area contributed by atoms with E-state index in [1.807, 2.05) is 0 Å². The molecule has 1 saturated heterocycles. The van der Waals surface area contributed by atoms with Gasteiger partial charge in [-0.15, -0.1) is 12.4 Å². The molecule has 25 heavy (non-hydrogen) atoms. The van der Waals surface area contributed by atoms with Gasteiger partial charge in [0.2, 0.25) is 10.0 Å². The second-order valence-corrected chi connectivity index (χ2v) is 8.21. The highest BCUT2D eigenvalue weighted by atomic mass is 35.5. The number of rotatable bonds is 7. The van der Waals surface area contributed by atoms with Gasteiger partial charge in [-0.1, -0.05) is 0 Å². The van der Waals surface area contributed by atoms with Crippen LogP contribution >= 0.6 is 12.4 Å². The minimum absolute atomic E-state index is 0. The molecule has 0 saturated carbocycles. The van der Waals surface area contributed by atoms with Gasteiger partial charge in [-0.2, -0.15) is 0 Å². The summed E-state index contributed by atoms with van der Waals surface area (Å²) in [6.45, 7) is 1.53. The first-order chi connectivity index (χ1) is 11.2. The van der Waals surface area contributed by atoms with Gasteiger partial charge in [0.1, 0.15) is 10.6 Å². The lowest BCUT2D eigenvalue weighted by molar-refractivity contribution is 0.0818. The fraction of sp³-hybridized carbons (Fsp3) is 0.667. The molecule has 0 bridgehead atoms. The van der Waals surface area contributed by atoms with E-state index in [4.69, 9.17) is 4.74 Å². The molecule has 0 radical (unpaired) electrons. The van der Waals surface area contributed by atoms with Crippen molar-refractivity contribution >= 4 is 28.3 Å². The molecule has 0 aliphatic carbocycles. The summed E-state index contributed by atoms with van der Waals surface area (Å²) >= 11 is 0. The lowest BCUT2D eigenvalue weighted by atomic mass is 9.99. The summed E-state index contributed by atoms with van der Waals surface area (Å²) in [5.41, 5.74) is -0.0511. The fourth-order valence-corrected chi connectivity index (χ4v) is 4.11. The number of methoxy groups -OCH3 is 1. The molecule has 1 atom stereocenters. The van der Waals surface area contributed by atoms with Gasteiger partial charge in [-0.3, -0.25) is 4.79 Å². The Balaban J connectivity index is 0.00000312. The second-order valence-electron chi connectivity index (χ2n) is 6.44. The Morgan fingerprint density at radius 1 is 1.48 bits per heavy atom. The van der Waals surface area contributed by atoms with Crippen LogP contribution in [0, 0.1) is 0 Å². The molecule has 144 valence electrons. The van der Waals surface area contributed by atoms with E-state index in [9.17, 15) is 13.2 Å². The first-order valence-electron chi connectivity index (χ1n) is 7.82. The van der Waals surface area contributed by atoms with Crippen LogP contribution in [0.3, 0.4) is 0 Å². The fourth-order valence-electron chi connectivity index (χ4n) is 2.91. The molecular formula is C15H27ClN4O4S. The monoisotopic (exact) mass is 394 g/mol. The normalized spacial score (nSPS) is 20.3. The average Bonchev–Trinajstić information content (AvgIpc) is 3.13. The van der Waals surface area contributed by atoms with Crippen molar-refractivity contribution in [1.82, 2.24) is 19.5 Å². The van der Waals surface area contributed by atoms with Gasteiger partial charge in [0.05, 0.1) is 12.1 Å². The van der Waals surface area contributed by atoms with Crippen molar-refractivity contribution in [1.29, 1.82) is 0 Å². The number of aryl methyl sites for hydroxylation is 1. The van der Waals surface area contributed by atoms with Gasteiger partial charge < -0.3 is 19.5 Å². The molecule has 8 nitrogen and oxygen atoms in total. The van der Waals surface area contributed by atoms with E-state index < -0.39 is 10.0 Å². The molecule has 1 aliphatic heterocycles. The zero-order valence-corrected chi connectivity index (χ0v) is 16.7. The number of hydrogen-bond acceptors (Lipinski definition) is 5. The topological polar surface area (TPSA) is 92.7 Å². The molecule has 10 heteroatoms. The molecule has 1 fully saturated rings. The molecule has 1 unspecified atom stereocenters. The summed E-state index contributed by atoms with van der Waals surface area (Å²) in [4.78, 5) is 13.6. The van der Waals surface area contributed by atoms with Crippen LogP contribution in [0.15, 0.2) is 17.2 Å². The van der Waals surface area contributed by atoms with Gasteiger partial charge in [-0.05, 0) is 25.5 Å². The van der Waals surface area contributed by atoms with Crippen molar-refractivity contribution in [2.75, 3.05) is 40.9 Å². The minimum atomic E-state index is -3.70. The van der Waals surface area contributed by atoms with Crippen molar-refractivity contribution in [3.05, 3.63) is 18.0 Å². The number of halogens is 1. The Morgan fingerprint density at radius 2 is 2.16 bits per heavy atom. The maximum absolute atomic E-state index is 12.6. The van der Waals surface area contributed by atoms with Gasteiger partial charge in [0.25, 0.3) is 5.91 Å². The first-order valence-corrected chi connectivity index (χ1v) is 9.31. The highest BCUT2D eigenvalue weighted by Crippen LogP contribution is 2.20. The van der Waals surface area contributed by atoms with Crippen LogP contribution in [0.25, 0.3) is 0 Å². The van der Waals surface area contributed by atoms with E-state index in [1.165, 1.54) is 21.7 Å². The summed E-state index contributed by atoms with van der Waals surface area (Å²) in [5.74, 6) is -0.243. The summed E-state index contributed by atoms with van der Waals surface area (Å²) in [6, 6.07) is 1.40. The predicted octanol–water partition coefficient (Wildman–Crippen LogP) is 0.196. The Morgan fingerprint density at radius 3 is 2.68 bits per heavy atom. The van der Waals surface area contributed by atoms with Gasteiger partial charge >= 0.3 is 0 Å². The zero-order chi connectivity index (χ0) is 18.0. The van der Waals surface area contributed by atoms with E-state index in [2.05, 4.69) is 10.0 Å². The standard InChI is InChI=1S/C15H26N4O4S.ClH/c1-18(2)14(20)13-8-12(9-19(13)3)24(21,22)17-10-15(11-23-4)6-5-7-16-15;/h8-9,16-17H,5-7,10-11H2,1-4H3;1H. The van der Waals surface area contributed by atoms with Crippen LogP contribution in [0.5, 0.6) is 0 Å². The van der Waals surface area contributed by atoms with Crippen LogP contribution in [0.2, 0.25) is 0 Å². The first kappa shape index (κ1) is 21.9. The number of nitrogens with one attached hydrogen (secondary N) is 2. The number of hydrogen-bond donors (Lipinski definition) is 2. The Hall–Kier alpha value is -1.13. The van der Waals surface area contributed by atoms with E-state index >= 15 is 0 Å². The van der Waals surface area contributed by atoms with Crippen molar-refractivity contribution < 1.29 is 17.9 Å². The minimum Gasteiger partial charge on any atom is -0.383 e. The van der Waals surface area contributed by atoms with E-state index in [-0.39, 0.29) is 35.3 Å². The molecule has 0 spiro atoms. The number of aromatic nitrogens is 1. The van der Waals surface area contributed by atoms with E-state index in [0.29, 0.717) is 12.3 Å². The number of ether oxygens (including phenoxy) is 1. The molecular weight excluding hydrogens is 368 g/mol. The highest BCUT2D eigenvalue weighted by molar-refractivity contribution is 7.89. The summed E-state index contributed by atoms with van der Waals surface area (Å²) in [7, 11) is 2.81. The van der Waals surface area contributed by atoms with Crippen molar-refractivity contribution in [3.8, 4) is 0 Å². The molecule has 0 aromatic carbocycles. The lowest BCUT2D eigenvalue weighted by Crippen LogP contribution is -2.52. The van der Waals surface area contributed by atoms with Crippen LogP contribution in [-0.4, -0.2) is 70.2 Å². The maximum atomic E-state index is 12.6. The maximum Gasteiger partial charge on any atom is 0.269 e. The van der Waals surface area contributed by atoms with Gasteiger partial charge in [0.15, 0.2) is 0 Å². The molecule has 1 aromatic heterocycles. The van der Waals surface area contributed by atoms with Crippen LogP contribution in [0.4, 0.5) is 0 Å². The predicted molar refractivity (Wildman–Crippen MR) is 97.7 cm³/mol. The Kier molecular flexibility index (Phi) is 7.45. The van der Waals surface area contributed by atoms with E-state index in [1.54, 1.807) is 28.3 Å². The second kappa shape index (κ2) is 8.50. The van der Waals surface area contributed by atoms with Crippen LogP contribution < -0.4 is 10.0 Å². The Labute approximate surface area is 155 Å². The van der Waals surface area contributed by atoms with E-state index in [0.717, 1.165) is 19.4 Å². The number of sulfonamides is 1. The van der Waals surface area contributed by atoms with Crippen LogP contribution in [-0.2, 0) is 21.8 Å². The third-order valence-electron chi connectivity index (χ3n) is 4.27. The highest BCUT2D eigenvalue weighted by Gasteiger charge is 2.35.